The Balaban J connectivity index is 2.93. The number of halogens is 1. The lowest BCUT2D eigenvalue weighted by Crippen LogP contribution is -1.81. The molecule has 0 saturated heterocycles. The van der Waals surface area contributed by atoms with Gasteiger partial charge in [-0.3, -0.25) is 4.98 Å². The van der Waals surface area contributed by atoms with Crippen molar-refractivity contribution in [2.24, 2.45) is 0 Å². The number of rotatable bonds is 0. The van der Waals surface area contributed by atoms with E-state index < -0.39 is 0 Å². The Morgan fingerprint density at radius 3 is 3.18 bits per heavy atom. The van der Waals surface area contributed by atoms with Crippen LogP contribution in [0.4, 0.5) is 0 Å². The third kappa shape index (κ3) is 0.906. The van der Waals surface area contributed by atoms with Gasteiger partial charge in [-0.15, -0.1) is 0 Å². The first kappa shape index (κ1) is 6.68. The maximum Gasteiger partial charge on any atom is 0.0859 e. The summed E-state index contributed by atoms with van der Waals surface area (Å²) in [5, 5.41) is 1.77. The Morgan fingerprint density at radius 2 is 2.36 bits per heavy atom. The van der Waals surface area contributed by atoms with Crippen molar-refractivity contribution >= 4 is 22.5 Å². The van der Waals surface area contributed by atoms with Gasteiger partial charge in [0.25, 0.3) is 0 Å². The number of H-pyrrole nitrogens is 1. The maximum absolute atomic E-state index is 5.97. The van der Waals surface area contributed by atoms with Crippen molar-refractivity contribution in [3.8, 4) is 0 Å². The molecule has 2 aromatic rings. The van der Waals surface area contributed by atoms with Crippen LogP contribution in [-0.2, 0) is 0 Å². The predicted octanol–water partition coefficient (Wildman–Crippen LogP) is 2.52. The van der Waals surface area contributed by atoms with Crippen LogP contribution >= 0.6 is 11.6 Å². The van der Waals surface area contributed by atoms with Crippen molar-refractivity contribution in [3.05, 3.63) is 29.2 Å². The Morgan fingerprint density at radius 1 is 1.55 bits per heavy atom. The number of hydrogen-bond acceptors (Lipinski definition) is 1. The van der Waals surface area contributed by atoms with Gasteiger partial charge in [0.15, 0.2) is 0 Å². The maximum atomic E-state index is 5.97. The minimum Gasteiger partial charge on any atom is -0.360 e. The third-order valence-electron chi connectivity index (χ3n) is 1.71. The average Bonchev–Trinajstić information content (AvgIpc) is 2.45. The van der Waals surface area contributed by atoms with Crippen LogP contribution in [-0.4, -0.2) is 9.97 Å². The van der Waals surface area contributed by atoms with Crippen molar-refractivity contribution in [2.45, 2.75) is 6.92 Å². The summed E-state index contributed by atoms with van der Waals surface area (Å²) in [7, 11) is 0. The molecular weight excluding hydrogens is 160 g/mol. The molecule has 56 valence electrons. The number of nitrogens with zero attached hydrogens (tertiary/aromatic N) is 1. The second-order valence-electron chi connectivity index (χ2n) is 2.47. The van der Waals surface area contributed by atoms with Gasteiger partial charge in [-0.2, -0.15) is 0 Å². The lowest BCUT2D eigenvalue weighted by Gasteiger charge is -1.96. The number of aromatic amines is 1. The Bertz CT molecular complexity index is 392. The normalized spacial score (nSPS) is 10.7. The molecular formula is C8H7ClN2. The fourth-order valence-corrected chi connectivity index (χ4v) is 1.30. The highest BCUT2D eigenvalue weighted by Crippen LogP contribution is 2.22. The molecule has 0 radical (unpaired) electrons. The summed E-state index contributed by atoms with van der Waals surface area (Å²) in [5.74, 6) is 0. The molecule has 0 spiro atoms. The molecule has 0 unspecified atom stereocenters. The lowest BCUT2D eigenvalue weighted by molar-refractivity contribution is 1.22. The van der Waals surface area contributed by atoms with Gasteiger partial charge in [-0.25, -0.2) is 0 Å². The highest BCUT2D eigenvalue weighted by molar-refractivity contribution is 6.35. The molecule has 0 aliphatic rings. The van der Waals surface area contributed by atoms with E-state index >= 15 is 0 Å². The number of fused-ring (bicyclic) bond motifs is 1. The van der Waals surface area contributed by atoms with E-state index in [1.54, 1.807) is 0 Å². The largest absolute Gasteiger partial charge is 0.360 e. The van der Waals surface area contributed by atoms with Crippen LogP contribution in [0.15, 0.2) is 18.5 Å². The van der Waals surface area contributed by atoms with E-state index in [0.29, 0.717) is 5.02 Å². The molecule has 2 heterocycles. The minimum atomic E-state index is 0.715. The van der Waals surface area contributed by atoms with Crippen LogP contribution in [0.1, 0.15) is 5.69 Å². The molecule has 2 aromatic heterocycles. The van der Waals surface area contributed by atoms with E-state index in [1.807, 2.05) is 25.4 Å². The fourth-order valence-electron chi connectivity index (χ4n) is 1.08. The topological polar surface area (TPSA) is 28.7 Å². The standard InChI is InChI=1S/C8H7ClN2/c1-5-7(9)8-6(4-11-5)2-3-10-8/h2-4,10H,1H3. The van der Waals surface area contributed by atoms with Crippen molar-refractivity contribution in [2.75, 3.05) is 0 Å². The summed E-state index contributed by atoms with van der Waals surface area (Å²) in [6, 6.07) is 1.95. The Kier molecular flexibility index (Phi) is 1.36. The van der Waals surface area contributed by atoms with Crippen LogP contribution < -0.4 is 0 Å². The highest BCUT2D eigenvalue weighted by atomic mass is 35.5. The lowest BCUT2D eigenvalue weighted by atomic mass is 10.3. The molecule has 0 aromatic carbocycles. The van der Waals surface area contributed by atoms with Crippen molar-refractivity contribution in [1.82, 2.24) is 9.97 Å². The summed E-state index contributed by atoms with van der Waals surface area (Å²) >= 11 is 5.97. The van der Waals surface area contributed by atoms with Crippen LogP contribution in [0.2, 0.25) is 5.02 Å². The van der Waals surface area contributed by atoms with E-state index in [-0.39, 0.29) is 0 Å². The quantitative estimate of drug-likeness (QED) is 0.640. The van der Waals surface area contributed by atoms with Gasteiger partial charge in [-0.1, -0.05) is 11.6 Å². The van der Waals surface area contributed by atoms with E-state index in [0.717, 1.165) is 16.6 Å². The third-order valence-corrected chi connectivity index (χ3v) is 2.18. The summed E-state index contributed by atoms with van der Waals surface area (Å²) < 4.78 is 0. The van der Waals surface area contributed by atoms with E-state index in [9.17, 15) is 0 Å². The smallest absolute Gasteiger partial charge is 0.0859 e. The molecule has 2 nitrogen and oxygen atoms in total. The number of pyridine rings is 1. The van der Waals surface area contributed by atoms with Gasteiger partial charge < -0.3 is 4.98 Å². The van der Waals surface area contributed by atoms with E-state index in [1.165, 1.54) is 0 Å². The summed E-state index contributed by atoms with van der Waals surface area (Å²) in [6.07, 6.45) is 3.67. The predicted molar refractivity (Wildman–Crippen MR) is 45.8 cm³/mol. The summed E-state index contributed by atoms with van der Waals surface area (Å²) in [6.45, 7) is 1.89. The molecule has 0 atom stereocenters. The van der Waals surface area contributed by atoms with Gasteiger partial charge in [-0.05, 0) is 13.0 Å². The first-order valence-electron chi connectivity index (χ1n) is 3.37. The van der Waals surface area contributed by atoms with Gasteiger partial charge in [0.1, 0.15) is 0 Å². The van der Waals surface area contributed by atoms with Gasteiger partial charge in [0.2, 0.25) is 0 Å². The SMILES string of the molecule is Cc1ncc2cc[nH]c2c1Cl. The minimum absolute atomic E-state index is 0.715. The van der Waals surface area contributed by atoms with E-state index in [4.69, 9.17) is 11.6 Å². The molecule has 0 fully saturated rings. The highest BCUT2D eigenvalue weighted by Gasteiger charge is 2.02. The second-order valence-corrected chi connectivity index (χ2v) is 2.84. The van der Waals surface area contributed by atoms with E-state index in [2.05, 4.69) is 9.97 Å². The van der Waals surface area contributed by atoms with Crippen LogP contribution in [0, 0.1) is 6.92 Å². The number of hydrogen-bond donors (Lipinski definition) is 1. The number of aryl methyl sites for hydroxylation is 1. The molecule has 3 heteroatoms. The fraction of sp³-hybridized carbons (Fsp3) is 0.125. The van der Waals surface area contributed by atoms with Crippen molar-refractivity contribution in [1.29, 1.82) is 0 Å². The van der Waals surface area contributed by atoms with Crippen LogP contribution in [0.25, 0.3) is 10.9 Å². The number of aromatic nitrogens is 2. The molecule has 1 N–H and O–H groups in total. The molecule has 11 heavy (non-hydrogen) atoms. The van der Waals surface area contributed by atoms with Crippen LogP contribution in [0.3, 0.4) is 0 Å². The van der Waals surface area contributed by atoms with Crippen molar-refractivity contribution < 1.29 is 0 Å². The second kappa shape index (κ2) is 2.24. The first-order chi connectivity index (χ1) is 5.29. The molecule has 2 rings (SSSR count). The van der Waals surface area contributed by atoms with Gasteiger partial charge >= 0.3 is 0 Å². The molecule has 0 aliphatic carbocycles. The molecule has 0 aliphatic heterocycles. The summed E-state index contributed by atoms with van der Waals surface area (Å²) in [5.41, 5.74) is 1.83. The van der Waals surface area contributed by atoms with Crippen molar-refractivity contribution in [3.63, 3.8) is 0 Å². The molecule has 0 amide bonds. The zero-order valence-electron chi connectivity index (χ0n) is 6.06. The number of nitrogens with one attached hydrogen (secondary N) is 1. The zero-order valence-corrected chi connectivity index (χ0v) is 6.81. The Labute approximate surface area is 69.2 Å². The average molecular weight is 167 g/mol. The van der Waals surface area contributed by atoms with Crippen LogP contribution in [0.5, 0.6) is 0 Å². The summed E-state index contributed by atoms with van der Waals surface area (Å²) in [4.78, 5) is 7.18. The molecule has 0 bridgehead atoms. The van der Waals surface area contributed by atoms with Gasteiger partial charge in [0, 0.05) is 17.8 Å². The zero-order chi connectivity index (χ0) is 7.84. The van der Waals surface area contributed by atoms with Gasteiger partial charge in [0.05, 0.1) is 16.2 Å². The molecule has 0 saturated carbocycles. The monoisotopic (exact) mass is 166 g/mol. The first-order valence-corrected chi connectivity index (χ1v) is 3.75. The Hall–Kier alpha value is -1.02.